The molecule has 1 aliphatic heterocycles. The van der Waals surface area contributed by atoms with Gasteiger partial charge in [-0.25, -0.2) is 4.98 Å². The van der Waals surface area contributed by atoms with E-state index in [0.29, 0.717) is 0 Å². The van der Waals surface area contributed by atoms with Gasteiger partial charge in [0.25, 0.3) is 0 Å². The van der Waals surface area contributed by atoms with Crippen molar-refractivity contribution in [1.82, 2.24) is 14.5 Å². The Balaban J connectivity index is 1.95. The lowest BCUT2D eigenvalue weighted by Gasteiger charge is -2.15. The van der Waals surface area contributed by atoms with Crippen LogP contribution in [0.25, 0.3) is 0 Å². The third-order valence-corrected chi connectivity index (χ3v) is 2.90. The Bertz CT molecular complexity index is 311. The molecule has 0 amide bonds. The van der Waals surface area contributed by atoms with Crippen molar-refractivity contribution in [2.45, 2.75) is 39.0 Å². The van der Waals surface area contributed by atoms with E-state index in [4.69, 9.17) is 0 Å². The number of β-amino-alcohol motifs (C(OH)–C–C–N with tert-alkyl or cyclic N) is 1. The van der Waals surface area contributed by atoms with Crippen LogP contribution in [0.5, 0.6) is 0 Å². The molecule has 15 heavy (non-hydrogen) atoms. The van der Waals surface area contributed by atoms with Gasteiger partial charge in [0.05, 0.1) is 18.1 Å². The van der Waals surface area contributed by atoms with E-state index >= 15 is 0 Å². The summed E-state index contributed by atoms with van der Waals surface area (Å²) in [5, 5.41) is 9.44. The fraction of sp³-hybridized carbons (Fsp3) is 0.727. The number of hydrogen-bond acceptors (Lipinski definition) is 3. The zero-order valence-corrected chi connectivity index (χ0v) is 9.26. The van der Waals surface area contributed by atoms with Crippen LogP contribution in [0.2, 0.25) is 0 Å². The molecule has 0 aliphatic carbocycles. The molecule has 1 aromatic rings. The van der Waals surface area contributed by atoms with Gasteiger partial charge >= 0.3 is 0 Å². The quantitative estimate of drug-likeness (QED) is 0.799. The van der Waals surface area contributed by atoms with Crippen molar-refractivity contribution in [2.24, 2.45) is 0 Å². The second-order valence-electron chi connectivity index (χ2n) is 4.26. The van der Waals surface area contributed by atoms with Gasteiger partial charge in [0.1, 0.15) is 0 Å². The molecule has 0 unspecified atom stereocenters. The molecular formula is C11H19N3O. The van der Waals surface area contributed by atoms with Crippen LogP contribution in [-0.4, -0.2) is 38.8 Å². The first-order valence-electron chi connectivity index (χ1n) is 5.69. The highest BCUT2D eigenvalue weighted by Gasteiger charge is 2.20. The van der Waals surface area contributed by atoms with E-state index < -0.39 is 0 Å². The van der Waals surface area contributed by atoms with Crippen LogP contribution in [0.4, 0.5) is 0 Å². The molecule has 0 spiro atoms. The molecular weight excluding hydrogens is 190 g/mol. The summed E-state index contributed by atoms with van der Waals surface area (Å²) in [6, 6.07) is 0. The van der Waals surface area contributed by atoms with E-state index in [1.54, 1.807) is 0 Å². The molecule has 1 fully saturated rings. The third kappa shape index (κ3) is 2.58. The van der Waals surface area contributed by atoms with Crippen LogP contribution in [0, 0.1) is 0 Å². The molecule has 4 nitrogen and oxygen atoms in total. The highest BCUT2D eigenvalue weighted by atomic mass is 16.3. The first kappa shape index (κ1) is 10.6. The molecule has 0 radical (unpaired) electrons. The monoisotopic (exact) mass is 209 g/mol. The lowest BCUT2D eigenvalue weighted by atomic mass is 10.3. The average molecular weight is 209 g/mol. The SMILES string of the molecule is CCCn1cncc1CN1CC[C@@H](O)C1. The van der Waals surface area contributed by atoms with Crippen molar-refractivity contribution in [3.63, 3.8) is 0 Å². The van der Waals surface area contributed by atoms with Crippen LogP contribution in [0.1, 0.15) is 25.5 Å². The minimum Gasteiger partial charge on any atom is -0.392 e. The molecule has 0 saturated carbocycles. The van der Waals surface area contributed by atoms with E-state index in [1.807, 2.05) is 12.5 Å². The third-order valence-electron chi connectivity index (χ3n) is 2.90. The number of hydrogen-bond donors (Lipinski definition) is 1. The first-order valence-corrected chi connectivity index (χ1v) is 5.69. The van der Waals surface area contributed by atoms with Crippen molar-refractivity contribution in [3.8, 4) is 0 Å². The van der Waals surface area contributed by atoms with Gasteiger partial charge in [-0.1, -0.05) is 6.92 Å². The van der Waals surface area contributed by atoms with Crippen LogP contribution >= 0.6 is 0 Å². The minimum atomic E-state index is -0.132. The van der Waals surface area contributed by atoms with Gasteiger partial charge < -0.3 is 9.67 Å². The van der Waals surface area contributed by atoms with Crippen LogP contribution in [0.15, 0.2) is 12.5 Å². The predicted octanol–water partition coefficient (Wildman–Crippen LogP) is 0.860. The molecule has 1 atom stereocenters. The van der Waals surface area contributed by atoms with Crippen molar-refractivity contribution in [3.05, 3.63) is 18.2 Å². The lowest BCUT2D eigenvalue weighted by molar-refractivity contribution is 0.174. The molecule has 2 rings (SSSR count). The van der Waals surface area contributed by atoms with Gasteiger partial charge in [-0.2, -0.15) is 0 Å². The highest BCUT2D eigenvalue weighted by molar-refractivity contribution is 4.99. The van der Waals surface area contributed by atoms with Crippen LogP contribution in [0.3, 0.4) is 0 Å². The van der Waals surface area contributed by atoms with E-state index in [0.717, 1.165) is 39.0 Å². The Morgan fingerprint density at radius 2 is 2.47 bits per heavy atom. The van der Waals surface area contributed by atoms with Crippen molar-refractivity contribution < 1.29 is 5.11 Å². The van der Waals surface area contributed by atoms with Gasteiger partial charge in [-0.15, -0.1) is 0 Å². The van der Waals surface area contributed by atoms with Crippen molar-refractivity contribution in [1.29, 1.82) is 0 Å². The van der Waals surface area contributed by atoms with Gasteiger partial charge in [0.15, 0.2) is 0 Å². The molecule has 4 heteroatoms. The van der Waals surface area contributed by atoms with Crippen LogP contribution in [-0.2, 0) is 13.1 Å². The Morgan fingerprint density at radius 3 is 3.13 bits per heavy atom. The first-order chi connectivity index (χ1) is 7.29. The summed E-state index contributed by atoms with van der Waals surface area (Å²) in [5.74, 6) is 0. The Kier molecular flexibility index (Phi) is 3.38. The van der Waals surface area contributed by atoms with Gasteiger partial charge in [0, 0.05) is 32.4 Å². The molecule has 1 saturated heterocycles. The number of aryl methyl sites for hydroxylation is 1. The topological polar surface area (TPSA) is 41.3 Å². The highest BCUT2D eigenvalue weighted by Crippen LogP contribution is 2.13. The fourth-order valence-electron chi connectivity index (χ4n) is 2.11. The molecule has 1 aliphatic rings. The molecule has 0 aromatic carbocycles. The number of likely N-dealkylation sites (tertiary alicyclic amines) is 1. The van der Waals surface area contributed by atoms with Crippen molar-refractivity contribution in [2.75, 3.05) is 13.1 Å². The summed E-state index contributed by atoms with van der Waals surface area (Å²) in [6.45, 7) is 5.92. The summed E-state index contributed by atoms with van der Waals surface area (Å²) < 4.78 is 2.20. The number of nitrogens with zero attached hydrogens (tertiary/aromatic N) is 3. The maximum absolute atomic E-state index is 9.44. The zero-order valence-electron chi connectivity index (χ0n) is 9.26. The maximum atomic E-state index is 9.44. The van der Waals surface area contributed by atoms with Gasteiger partial charge in [0.2, 0.25) is 0 Å². The molecule has 84 valence electrons. The maximum Gasteiger partial charge on any atom is 0.0948 e. The second kappa shape index (κ2) is 4.77. The summed E-state index contributed by atoms with van der Waals surface area (Å²) in [4.78, 5) is 6.46. The summed E-state index contributed by atoms with van der Waals surface area (Å²) in [7, 11) is 0. The van der Waals surface area contributed by atoms with E-state index in [1.165, 1.54) is 5.69 Å². The van der Waals surface area contributed by atoms with Crippen molar-refractivity contribution >= 4 is 0 Å². The number of aromatic nitrogens is 2. The summed E-state index contributed by atoms with van der Waals surface area (Å²) >= 11 is 0. The number of imidazole rings is 1. The minimum absolute atomic E-state index is 0.132. The van der Waals surface area contributed by atoms with Gasteiger partial charge in [-0.3, -0.25) is 4.90 Å². The van der Waals surface area contributed by atoms with E-state index in [-0.39, 0.29) is 6.10 Å². The zero-order chi connectivity index (χ0) is 10.7. The Hall–Kier alpha value is -0.870. The molecule has 0 bridgehead atoms. The van der Waals surface area contributed by atoms with E-state index in [9.17, 15) is 5.11 Å². The van der Waals surface area contributed by atoms with Crippen LogP contribution < -0.4 is 0 Å². The van der Waals surface area contributed by atoms with E-state index in [2.05, 4.69) is 21.4 Å². The average Bonchev–Trinajstić information content (AvgIpc) is 2.78. The lowest BCUT2D eigenvalue weighted by Crippen LogP contribution is -2.23. The molecule has 1 N–H and O–H groups in total. The standard InChI is InChI=1S/C11H19N3O/c1-2-4-14-9-12-6-10(14)7-13-5-3-11(15)8-13/h6,9,11,15H,2-5,7-8H2,1H3/t11-/m1/s1. The number of aliphatic hydroxyl groups is 1. The smallest absolute Gasteiger partial charge is 0.0948 e. The fourth-order valence-corrected chi connectivity index (χ4v) is 2.11. The predicted molar refractivity (Wildman–Crippen MR) is 58.4 cm³/mol. The summed E-state index contributed by atoms with van der Waals surface area (Å²) in [6.07, 6.45) is 5.73. The largest absolute Gasteiger partial charge is 0.392 e. The van der Waals surface area contributed by atoms with Gasteiger partial charge in [-0.05, 0) is 12.8 Å². The molecule has 2 heterocycles. The Labute approximate surface area is 90.5 Å². The Morgan fingerprint density at radius 1 is 1.60 bits per heavy atom. The summed E-state index contributed by atoms with van der Waals surface area (Å²) in [5.41, 5.74) is 1.26. The second-order valence-corrected chi connectivity index (χ2v) is 4.26. The number of aliphatic hydroxyl groups excluding tert-OH is 1. The number of rotatable bonds is 4. The normalized spacial score (nSPS) is 22.4. The molecule has 1 aromatic heterocycles.